The number of nitro benzene ring substituents is 1. The Bertz CT molecular complexity index is 1200. The average molecular weight is 479 g/mol. The normalized spacial score (nSPS) is 10.1. The lowest BCUT2D eigenvalue weighted by Gasteiger charge is -2.11. The van der Waals surface area contributed by atoms with E-state index in [1.807, 2.05) is 30.3 Å². The van der Waals surface area contributed by atoms with E-state index in [0.29, 0.717) is 11.4 Å². The molecule has 34 heavy (non-hydrogen) atoms. The molecule has 3 aromatic rings. The van der Waals surface area contributed by atoms with Crippen LogP contribution in [0.15, 0.2) is 72.8 Å². The summed E-state index contributed by atoms with van der Waals surface area (Å²) in [6.45, 7) is 1.97. The number of amides is 2. The smallest absolute Gasteiger partial charge is 0.311 e. The molecule has 3 rings (SSSR count). The quantitative estimate of drug-likeness (QED) is 0.251. The van der Waals surface area contributed by atoms with Gasteiger partial charge in [-0.3, -0.25) is 25.0 Å². The molecule has 0 saturated carbocycles. The van der Waals surface area contributed by atoms with E-state index >= 15 is 0 Å². The first-order chi connectivity index (χ1) is 16.4. The van der Waals surface area contributed by atoms with E-state index in [4.69, 9.17) is 17.0 Å². The molecule has 0 fully saturated rings. The summed E-state index contributed by atoms with van der Waals surface area (Å²) in [5, 5.41) is 19.4. The molecule has 174 valence electrons. The zero-order chi connectivity index (χ0) is 24.5. The molecule has 0 aliphatic heterocycles. The Morgan fingerprint density at radius 3 is 2.24 bits per heavy atom. The van der Waals surface area contributed by atoms with Crippen LogP contribution >= 0.6 is 12.2 Å². The Hall–Kier alpha value is -4.31. The monoisotopic (exact) mass is 478 g/mol. The first-order valence-electron chi connectivity index (χ1n) is 10.3. The van der Waals surface area contributed by atoms with Crippen molar-refractivity contribution in [3.63, 3.8) is 0 Å². The van der Waals surface area contributed by atoms with Crippen molar-refractivity contribution in [3.8, 4) is 5.75 Å². The van der Waals surface area contributed by atoms with Crippen LogP contribution in [0.5, 0.6) is 5.75 Å². The lowest BCUT2D eigenvalue weighted by Crippen LogP contribution is -2.34. The van der Waals surface area contributed by atoms with Crippen LogP contribution in [0.4, 0.5) is 17.1 Å². The van der Waals surface area contributed by atoms with E-state index in [1.165, 1.54) is 12.1 Å². The molecule has 2 amide bonds. The number of nitro groups is 1. The lowest BCUT2D eigenvalue weighted by atomic mass is 10.1. The van der Waals surface area contributed by atoms with Gasteiger partial charge in [0.25, 0.3) is 5.91 Å². The minimum Gasteiger partial charge on any atom is -0.487 e. The van der Waals surface area contributed by atoms with E-state index < -0.39 is 10.8 Å². The van der Waals surface area contributed by atoms with Crippen molar-refractivity contribution in [1.82, 2.24) is 5.32 Å². The maximum Gasteiger partial charge on any atom is 0.311 e. The number of carbonyl (C=O) groups is 2. The summed E-state index contributed by atoms with van der Waals surface area (Å²) in [5.41, 5.74) is 1.87. The summed E-state index contributed by atoms with van der Waals surface area (Å²) in [7, 11) is 0. The van der Waals surface area contributed by atoms with Crippen molar-refractivity contribution in [3.05, 3.63) is 94.0 Å². The molecular formula is C24H22N4O5S. The fourth-order valence-electron chi connectivity index (χ4n) is 3.04. The summed E-state index contributed by atoms with van der Waals surface area (Å²) < 4.78 is 5.22. The topological polar surface area (TPSA) is 123 Å². The Kier molecular flexibility index (Phi) is 8.25. The van der Waals surface area contributed by atoms with Crippen LogP contribution < -0.4 is 20.7 Å². The van der Waals surface area contributed by atoms with Gasteiger partial charge >= 0.3 is 5.69 Å². The Balaban J connectivity index is 1.55. The summed E-state index contributed by atoms with van der Waals surface area (Å²) >= 11 is 5.17. The Morgan fingerprint density at radius 2 is 1.62 bits per heavy atom. The number of thiocarbonyl (C=S) groups is 1. The maximum atomic E-state index is 12.5. The van der Waals surface area contributed by atoms with Gasteiger partial charge in [-0.05, 0) is 61.1 Å². The predicted octanol–water partition coefficient (Wildman–Crippen LogP) is 4.30. The number of nitrogens with one attached hydrogen (secondary N) is 3. The molecule has 0 unspecified atom stereocenters. The Morgan fingerprint density at radius 1 is 0.971 bits per heavy atom. The van der Waals surface area contributed by atoms with Gasteiger partial charge in [0.2, 0.25) is 5.91 Å². The SMILES string of the molecule is CCOc1ccc(C(=O)NC(=S)Nc2ccc(NC(=O)Cc3ccccc3)cc2)cc1[N+](=O)[O-]. The number of benzene rings is 3. The molecule has 9 nitrogen and oxygen atoms in total. The highest BCUT2D eigenvalue weighted by atomic mass is 32.1. The summed E-state index contributed by atoms with van der Waals surface area (Å²) in [4.78, 5) is 35.3. The number of hydrogen-bond donors (Lipinski definition) is 3. The average Bonchev–Trinajstić information content (AvgIpc) is 2.81. The highest BCUT2D eigenvalue weighted by Gasteiger charge is 2.19. The number of hydrogen-bond acceptors (Lipinski definition) is 6. The van der Waals surface area contributed by atoms with E-state index in [-0.39, 0.29) is 41.0 Å². The van der Waals surface area contributed by atoms with Gasteiger partial charge < -0.3 is 15.4 Å². The van der Waals surface area contributed by atoms with Crippen LogP contribution in [0.2, 0.25) is 0 Å². The minimum atomic E-state index is -0.613. The molecule has 0 spiro atoms. The highest BCUT2D eigenvalue weighted by Crippen LogP contribution is 2.28. The standard InChI is InChI=1S/C24H22N4O5S/c1-2-33-21-13-8-17(15-20(21)28(31)32)23(30)27-24(34)26-19-11-9-18(10-12-19)25-22(29)14-16-6-4-3-5-7-16/h3-13,15H,2,14H2,1H3,(H,25,29)(H2,26,27,30,34). The van der Waals surface area contributed by atoms with Crippen LogP contribution in [-0.2, 0) is 11.2 Å². The molecule has 0 aliphatic rings. The zero-order valence-corrected chi connectivity index (χ0v) is 19.1. The number of nitrogens with zero attached hydrogens (tertiary/aromatic N) is 1. The second-order valence-electron chi connectivity index (χ2n) is 7.07. The van der Waals surface area contributed by atoms with Gasteiger partial charge in [0.05, 0.1) is 18.0 Å². The van der Waals surface area contributed by atoms with E-state index in [1.54, 1.807) is 31.2 Å². The molecule has 0 aliphatic carbocycles. The largest absolute Gasteiger partial charge is 0.487 e. The van der Waals surface area contributed by atoms with Gasteiger partial charge in [-0.2, -0.15) is 0 Å². The molecule has 0 radical (unpaired) electrons. The predicted molar refractivity (Wildman–Crippen MR) is 133 cm³/mol. The van der Waals surface area contributed by atoms with Crippen molar-refractivity contribution in [1.29, 1.82) is 0 Å². The van der Waals surface area contributed by atoms with Crippen LogP contribution in [-0.4, -0.2) is 28.5 Å². The van der Waals surface area contributed by atoms with Crippen molar-refractivity contribution in [2.75, 3.05) is 17.2 Å². The van der Waals surface area contributed by atoms with Gasteiger partial charge in [0.1, 0.15) is 0 Å². The number of carbonyl (C=O) groups excluding carboxylic acids is 2. The molecule has 0 atom stereocenters. The minimum absolute atomic E-state index is 0.0161. The summed E-state index contributed by atoms with van der Waals surface area (Å²) in [5.74, 6) is -0.659. The first kappa shape index (κ1) is 24.3. The molecule has 0 bridgehead atoms. The third kappa shape index (κ3) is 6.84. The number of rotatable bonds is 8. The lowest BCUT2D eigenvalue weighted by molar-refractivity contribution is -0.385. The molecule has 3 aromatic carbocycles. The van der Waals surface area contributed by atoms with Crippen LogP contribution in [0, 0.1) is 10.1 Å². The van der Waals surface area contributed by atoms with Crippen molar-refractivity contribution < 1.29 is 19.2 Å². The van der Waals surface area contributed by atoms with Crippen molar-refractivity contribution in [2.45, 2.75) is 13.3 Å². The van der Waals surface area contributed by atoms with Crippen LogP contribution in [0.3, 0.4) is 0 Å². The fraction of sp³-hybridized carbons (Fsp3) is 0.125. The molecule has 0 heterocycles. The van der Waals surface area contributed by atoms with Crippen molar-refractivity contribution in [2.24, 2.45) is 0 Å². The van der Waals surface area contributed by atoms with Gasteiger partial charge in [0.15, 0.2) is 10.9 Å². The number of ether oxygens (including phenoxy) is 1. The Labute approximate surface area is 201 Å². The fourth-order valence-corrected chi connectivity index (χ4v) is 3.25. The van der Waals surface area contributed by atoms with Crippen LogP contribution in [0.25, 0.3) is 0 Å². The first-order valence-corrected chi connectivity index (χ1v) is 10.7. The van der Waals surface area contributed by atoms with E-state index in [0.717, 1.165) is 11.6 Å². The maximum absolute atomic E-state index is 12.5. The van der Waals surface area contributed by atoms with Gasteiger partial charge in [0, 0.05) is 23.0 Å². The molecule has 0 aromatic heterocycles. The molecule has 10 heteroatoms. The highest BCUT2D eigenvalue weighted by molar-refractivity contribution is 7.80. The second kappa shape index (κ2) is 11.5. The molecular weight excluding hydrogens is 456 g/mol. The third-order valence-electron chi connectivity index (χ3n) is 4.58. The van der Waals surface area contributed by atoms with Gasteiger partial charge in [-0.25, -0.2) is 0 Å². The molecule has 0 saturated heterocycles. The third-order valence-corrected chi connectivity index (χ3v) is 4.78. The second-order valence-corrected chi connectivity index (χ2v) is 7.48. The van der Waals surface area contributed by atoms with Crippen molar-refractivity contribution >= 4 is 46.2 Å². The summed E-state index contributed by atoms with van der Waals surface area (Å²) in [6, 6.07) is 20.1. The summed E-state index contributed by atoms with van der Waals surface area (Å²) in [6.07, 6.45) is 0.265. The number of anilines is 2. The van der Waals surface area contributed by atoms with E-state index in [2.05, 4.69) is 16.0 Å². The molecule has 3 N–H and O–H groups in total. The zero-order valence-electron chi connectivity index (χ0n) is 18.2. The van der Waals surface area contributed by atoms with Gasteiger partial charge in [-0.15, -0.1) is 0 Å². The van der Waals surface area contributed by atoms with Crippen LogP contribution in [0.1, 0.15) is 22.8 Å². The van der Waals surface area contributed by atoms with Gasteiger partial charge in [-0.1, -0.05) is 30.3 Å². The van der Waals surface area contributed by atoms with E-state index in [9.17, 15) is 19.7 Å².